The Morgan fingerprint density at radius 1 is 1.10 bits per heavy atom. The summed E-state index contributed by atoms with van der Waals surface area (Å²) in [7, 11) is 0. The number of hydrogen-bond donors (Lipinski definition) is 1. The number of aryl methyl sites for hydroxylation is 3. The van der Waals surface area contributed by atoms with Crippen LogP contribution in [0.2, 0.25) is 0 Å². The van der Waals surface area contributed by atoms with Crippen LogP contribution in [-0.2, 0) is 19.5 Å². The quantitative estimate of drug-likeness (QED) is 0.925. The van der Waals surface area contributed by atoms with Crippen molar-refractivity contribution in [1.82, 2.24) is 25.0 Å². The minimum atomic E-state index is 0.643. The van der Waals surface area contributed by atoms with Gasteiger partial charge in [0, 0.05) is 13.0 Å². The molecule has 0 fully saturated rings. The molecule has 0 bridgehead atoms. The van der Waals surface area contributed by atoms with Gasteiger partial charge in [0.2, 0.25) is 0 Å². The predicted octanol–water partition coefficient (Wildman–Crippen LogP) is 2.02. The first-order chi connectivity index (χ1) is 9.74. The minimum absolute atomic E-state index is 0.643. The Labute approximate surface area is 118 Å². The maximum Gasteiger partial charge on any atom is 0.152 e. The van der Waals surface area contributed by atoms with Crippen molar-refractivity contribution in [3.8, 4) is 0 Å². The Bertz CT molecular complexity index is 604. The lowest BCUT2D eigenvalue weighted by atomic mass is 10.2. The topological polar surface area (TPSA) is 68.5 Å². The van der Waals surface area contributed by atoms with Gasteiger partial charge in [-0.25, -0.2) is 0 Å². The Kier molecular flexibility index (Phi) is 3.62. The molecule has 20 heavy (non-hydrogen) atoms. The lowest BCUT2D eigenvalue weighted by Crippen LogP contribution is -2.11. The molecule has 0 aliphatic carbocycles. The molecule has 3 heterocycles. The van der Waals surface area contributed by atoms with Crippen molar-refractivity contribution >= 4 is 5.82 Å². The maximum atomic E-state index is 4.30. The van der Waals surface area contributed by atoms with Crippen LogP contribution in [0.25, 0.3) is 0 Å². The summed E-state index contributed by atoms with van der Waals surface area (Å²) in [6.07, 6.45) is 4.74. The Balaban J connectivity index is 1.72. The number of nitrogens with one attached hydrogen (secondary N) is 1. The van der Waals surface area contributed by atoms with Gasteiger partial charge in [0.15, 0.2) is 5.82 Å². The van der Waals surface area contributed by atoms with Crippen LogP contribution in [0.3, 0.4) is 0 Å². The molecule has 0 amide bonds. The zero-order valence-corrected chi connectivity index (χ0v) is 12.1. The second kappa shape index (κ2) is 5.56. The van der Waals surface area contributed by atoms with Crippen molar-refractivity contribution in [3.05, 3.63) is 29.0 Å². The summed E-state index contributed by atoms with van der Waals surface area (Å²) in [4.78, 5) is 0. The van der Waals surface area contributed by atoms with Crippen LogP contribution in [-0.4, -0.2) is 25.0 Å². The zero-order chi connectivity index (χ0) is 13.9. The third-order valence-corrected chi connectivity index (χ3v) is 3.85. The average molecular weight is 272 g/mol. The van der Waals surface area contributed by atoms with Crippen molar-refractivity contribution < 1.29 is 0 Å². The van der Waals surface area contributed by atoms with Crippen molar-refractivity contribution in [1.29, 1.82) is 0 Å². The lowest BCUT2D eigenvalue weighted by molar-refractivity contribution is 0.609. The highest BCUT2D eigenvalue weighted by Gasteiger charge is 2.14. The average Bonchev–Trinajstić information content (AvgIpc) is 2.68. The van der Waals surface area contributed by atoms with Gasteiger partial charge in [-0.15, -0.1) is 15.3 Å². The molecule has 0 spiro atoms. The third-order valence-electron chi connectivity index (χ3n) is 3.85. The highest BCUT2D eigenvalue weighted by molar-refractivity contribution is 5.37. The van der Waals surface area contributed by atoms with Crippen LogP contribution in [0.1, 0.15) is 42.2 Å². The van der Waals surface area contributed by atoms with E-state index in [1.807, 2.05) is 19.9 Å². The molecule has 1 N–H and O–H groups in total. The molecule has 0 unspecified atom stereocenters. The third kappa shape index (κ3) is 2.64. The zero-order valence-electron chi connectivity index (χ0n) is 12.1. The smallest absolute Gasteiger partial charge is 0.152 e. The molecule has 106 valence electrons. The van der Waals surface area contributed by atoms with E-state index in [0.29, 0.717) is 6.54 Å². The summed E-state index contributed by atoms with van der Waals surface area (Å²) in [5.41, 5.74) is 2.11. The molecular formula is C14H20N6. The molecule has 2 aromatic heterocycles. The van der Waals surface area contributed by atoms with E-state index >= 15 is 0 Å². The van der Waals surface area contributed by atoms with Gasteiger partial charge in [0.1, 0.15) is 11.6 Å². The first kappa shape index (κ1) is 13.0. The summed E-state index contributed by atoms with van der Waals surface area (Å²) in [5, 5.41) is 20.2. The maximum absolute atomic E-state index is 4.30. The standard InChI is InChI=1S/C14H20N6/c1-10-8-12(17-16-11(10)2)15-9-14-19-18-13-6-4-3-5-7-20(13)14/h8H,3-7,9H2,1-2H3,(H,15,17). The lowest BCUT2D eigenvalue weighted by Gasteiger charge is -2.09. The molecule has 6 nitrogen and oxygen atoms in total. The van der Waals surface area contributed by atoms with E-state index in [9.17, 15) is 0 Å². The van der Waals surface area contributed by atoms with Crippen LogP contribution in [0, 0.1) is 13.8 Å². The van der Waals surface area contributed by atoms with E-state index in [0.717, 1.165) is 41.7 Å². The van der Waals surface area contributed by atoms with Gasteiger partial charge in [-0.1, -0.05) is 6.42 Å². The predicted molar refractivity (Wildman–Crippen MR) is 76.4 cm³/mol. The van der Waals surface area contributed by atoms with Gasteiger partial charge in [0.05, 0.1) is 12.2 Å². The Hall–Kier alpha value is -1.98. The summed E-state index contributed by atoms with van der Waals surface area (Å²) in [6, 6.07) is 2.02. The highest BCUT2D eigenvalue weighted by atomic mass is 15.3. The number of hydrogen-bond acceptors (Lipinski definition) is 5. The van der Waals surface area contributed by atoms with Gasteiger partial charge in [-0.2, -0.15) is 5.10 Å². The highest BCUT2D eigenvalue weighted by Crippen LogP contribution is 2.15. The van der Waals surface area contributed by atoms with Crippen LogP contribution in [0.5, 0.6) is 0 Å². The van der Waals surface area contributed by atoms with Gasteiger partial charge < -0.3 is 9.88 Å². The first-order valence-electron chi connectivity index (χ1n) is 7.20. The fourth-order valence-corrected chi connectivity index (χ4v) is 2.48. The van der Waals surface area contributed by atoms with Crippen molar-refractivity contribution in [3.63, 3.8) is 0 Å². The van der Waals surface area contributed by atoms with Crippen molar-refractivity contribution in [2.45, 2.75) is 52.6 Å². The molecule has 0 saturated carbocycles. The molecule has 1 aliphatic rings. The fourth-order valence-electron chi connectivity index (χ4n) is 2.48. The second-order valence-electron chi connectivity index (χ2n) is 5.35. The summed E-state index contributed by atoms with van der Waals surface area (Å²) in [5.74, 6) is 2.89. The number of aromatic nitrogens is 5. The van der Waals surface area contributed by atoms with E-state index in [1.165, 1.54) is 19.3 Å². The summed E-state index contributed by atoms with van der Waals surface area (Å²) >= 11 is 0. The Morgan fingerprint density at radius 3 is 2.85 bits per heavy atom. The number of fused-ring (bicyclic) bond motifs is 1. The summed E-state index contributed by atoms with van der Waals surface area (Å²) < 4.78 is 2.24. The van der Waals surface area contributed by atoms with Crippen molar-refractivity contribution in [2.24, 2.45) is 0 Å². The minimum Gasteiger partial charge on any atom is -0.361 e. The van der Waals surface area contributed by atoms with Gasteiger partial charge in [0.25, 0.3) is 0 Å². The van der Waals surface area contributed by atoms with E-state index in [2.05, 4.69) is 30.3 Å². The van der Waals surface area contributed by atoms with Crippen LogP contribution >= 0.6 is 0 Å². The molecule has 0 radical (unpaired) electrons. The molecule has 0 saturated heterocycles. The summed E-state index contributed by atoms with van der Waals surface area (Å²) in [6.45, 7) is 5.67. The molecule has 1 aliphatic heterocycles. The Morgan fingerprint density at radius 2 is 2.00 bits per heavy atom. The van der Waals surface area contributed by atoms with Gasteiger partial charge >= 0.3 is 0 Å². The molecule has 2 aromatic rings. The molecule has 0 atom stereocenters. The van der Waals surface area contributed by atoms with Crippen LogP contribution < -0.4 is 5.32 Å². The second-order valence-corrected chi connectivity index (χ2v) is 5.35. The van der Waals surface area contributed by atoms with Crippen LogP contribution in [0.15, 0.2) is 6.07 Å². The van der Waals surface area contributed by atoms with Gasteiger partial charge in [-0.3, -0.25) is 0 Å². The largest absolute Gasteiger partial charge is 0.361 e. The van der Waals surface area contributed by atoms with Crippen LogP contribution in [0.4, 0.5) is 5.82 Å². The van der Waals surface area contributed by atoms with E-state index in [4.69, 9.17) is 0 Å². The fraction of sp³-hybridized carbons (Fsp3) is 0.571. The molecule has 3 rings (SSSR count). The number of anilines is 1. The first-order valence-corrected chi connectivity index (χ1v) is 7.20. The molecule has 6 heteroatoms. The molecule has 0 aromatic carbocycles. The SMILES string of the molecule is Cc1cc(NCc2nnc3n2CCCCC3)nnc1C. The van der Waals surface area contributed by atoms with Crippen molar-refractivity contribution in [2.75, 3.05) is 5.32 Å². The number of nitrogens with zero attached hydrogens (tertiary/aromatic N) is 5. The monoisotopic (exact) mass is 272 g/mol. The van der Waals surface area contributed by atoms with E-state index < -0.39 is 0 Å². The van der Waals surface area contributed by atoms with E-state index in [1.54, 1.807) is 0 Å². The van der Waals surface area contributed by atoms with E-state index in [-0.39, 0.29) is 0 Å². The molecular weight excluding hydrogens is 252 g/mol. The number of rotatable bonds is 3. The van der Waals surface area contributed by atoms with Gasteiger partial charge in [-0.05, 0) is 38.3 Å². The normalized spacial score (nSPS) is 14.7.